The summed E-state index contributed by atoms with van der Waals surface area (Å²) in [6, 6.07) is 21.4. The minimum atomic E-state index is -5.65. The number of ether oxygens (including phenoxy) is 1. The summed E-state index contributed by atoms with van der Waals surface area (Å²) in [5, 5.41) is 41.8. The zero-order chi connectivity index (χ0) is 82.4. The summed E-state index contributed by atoms with van der Waals surface area (Å²) < 4.78 is 194. The van der Waals surface area contributed by atoms with Crippen LogP contribution >= 0.6 is 0 Å². The quantitative estimate of drug-likeness (QED) is 0.00561. The van der Waals surface area contributed by atoms with Crippen molar-refractivity contribution in [1.29, 1.82) is 21.0 Å². The molecule has 5 aromatic carbocycles. The van der Waals surface area contributed by atoms with Gasteiger partial charge < -0.3 is 4.74 Å². The third kappa shape index (κ3) is 13.5. The summed E-state index contributed by atoms with van der Waals surface area (Å²) in [5.41, 5.74) is -10.8. The van der Waals surface area contributed by atoms with Gasteiger partial charge in [-0.25, -0.2) is 13.2 Å². The molecule has 8 unspecified atom stereocenters. The average molecular weight is 1790 g/mol. The molecule has 0 aliphatic carbocycles. The van der Waals surface area contributed by atoms with Gasteiger partial charge in [-0.3, -0.25) is 4.79 Å². The second-order valence-electron chi connectivity index (χ2n) is 31.2. The molecule has 4 fully saturated rings. The van der Waals surface area contributed by atoms with Crippen LogP contribution in [-0.2, 0) is 60.4 Å². The van der Waals surface area contributed by atoms with Gasteiger partial charge in [0, 0.05) is 0 Å². The second kappa shape index (κ2) is 29.7. The number of rotatable bonds is 23. The number of esters is 1. The van der Waals surface area contributed by atoms with Gasteiger partial charge in [-0.05, 0) is 0 Å². The van der Waals surface area contributed by atoms with E-state index in [4.69, 9.17) is 60.8 Å². The fourth-order valence-corrected chi connectivity index (χ4v) is 37.7. The Morgan fingerprint density at radius 1 is 0.500 bits per heavy atom. The molecule has 6 aliphatic heterocycles. The summed E-state index contributed by atoms with van der Waals surface area (Å²) in [5.74, 6) is -14.7. The standard InChI is InChI=1S/C79H80As4F5N10O14/c1-18-97-57-30-28-51-53(41-49(80(100)105-72(6,32-36-89)73(7,106-80)33-37-90)43-55(51)82(102)107-74(8,34-38-91)75(9,108-82)35-39-92)62(57)70(2,3)59(97)25-21-19-22-26-60-71(4,5)63-54-42-50(81(101)109-76(10,45-93-14)77(11,110-81)46-94-15)44-56(83(103)111-78(12,47-95-16)79(13,112-83)48-96-17)52(54)29-31-58(63)98(60)40-24-20-23-27-61(99)104-69-67(87)65(85)64(84)66(86)68(69)88/h19,21-22,25-26,28-31,41-44H,18,20,23-24,27,32-35,40,45-48H2,1-13H3/q+1. The number of carbonyl (C=O) groups excluding carboxylic acids is 1. The van der Waals surface area contributed by atoms with Gasteiger partial charge in [-0.1, -0.05) is 0 Å². The number of allylic oxidation sites excluding steroid dienone is 6. The molecular formula is C79H80As4F5N10O14+. The maximum absolute atomic E-state index is 16.1. The molecule has 0 radical (unpaired) electrons. The predicted octanol–water partition coefficient (Wildman–Crippen LogP) is 11.9. The Morgan fingerprint density at radius 2 is 0.893 bits per heavy atom. The van der Waals surface area contributed by atoms with Crippen molar-refractivity contribution in [2.45, 2.75) is 197 Å². The molecule has 0 bridgehead atoms. The number of nitrogens with zero attached hydrogens (tertiary/aromatic N) is 10. The Labute approximate surface area is 657 Å². The van der Waals surface area contributed by atoms with E-state index in [1.165, 1.54) is 39.8 Å². The fraction of sp³-hybridized carbons (Fsp3) is 0.468. The van der Waals surface area contributed by atoms with Crippen LogP contribution in [0.4, 0.5) is 33.3 Å². The molecule has 0 amide bonds. The van der Waals surface area contributed by atoms with Gasteiger partial charge in [-0.15, -0.1) is 0 Å². The van der Waals surface area contributed by atoms with Crippen LogP contribution in [0.5, 0.6) is 5.75 Å². The van der Waals surface area contributed by atoms with Crippen LogP contribution in [-0.4, -0.2) is 157 Å². The summed E-state index contributed by atoms with van der Waals surface area (Å²) in [7, 11) is 0. The van der Waals surface area contributed by atoms with Gasteiger partial charge in [0.2, 0.25) is 34.8 Å². The van der Waals surface area contributed by atoms with Crippen LogP contribution in [0.15, 0.2) is 84.6 Å². The van der Waals surface area contributed by atoms with E-state index in [0.717, 1.165) is 5.70 Å². The second-order valence-corrected chi connectivity index (χ2v) is 46.8. The molecule has 0 saturated carbocycles. The van der Waals surface area contributed by atoms with Gasteiger partial charge in [0.15, 0.2) is 0 Å². The average Bonchev–Trinajstić information content (AvgIpc) is 1.53. The number of likely N-dealkylation sites (N-methyl/N-ethyl adjacent to an activating group) is 1. The number of halogens is 5. The van der Waals surface area contributed by atoms with Crippen LogP contribution < -0.4 is 27.0 Å². The molecule has 0 N–H and O–H groups in total. The van der Waals surface area contributed by atoms with E-state index in [9.17, 15) is 47.8 Å². The number of unbranched alkanes of at least 4 members (excludes halogenated alkanes) is 2. The van der Waals surface area contributed by atoms with E-state index >= 15 is 15.0 Å². The fourth-order valence-electron chi connectivity index (χ4n) is 15.8. The third-order valence-corrected chi connectivity index (χ3v) is 41.6. The van der Waals surface area contributed by atoms with Crippen molar-refractivity contribution in [3.63, 3.8) is 0 Å². The van der Waals surface area contributed by atoms with E-state index in [0.29, 0.717) is 56.3 Å². The topological polar surface area (TPSA) is 287 Å². The molecule has 5 aromatic rings. The molecule has 33 heteroatoms. The van der Waals surface area contributed by atoms with Crippen LogP contribution in [0.3, 0.4) is 0 Å². The first-order valence-corrected chi connectivity index (χ1v) is 48.6. The van der Waals surface area contributed by atoms with Crippen LogP contribution in [0.1, 0.15) is 153 Å². The van der Waals surface area contributed by atoms with Crippen molar-refractivity contribution in [3.8, 4) is 30.0 Å². The van der Waals surface area contributed by atoms with Gasteiger partial charge in [0.1, 0.15) is 0 Å². The molecular weight excluding hydrogens is 1710 g/mol. The Balaban J connectivity index is 1.03. The number of hydrogen-bond donors (Lipinski definition) is 0. The van der Waals surface area contributed by atoms with E-state index in [-0.39, 0.29) is 95.1 Å². The molecule has 584 valence electrons. The molecule has 8 atom stereocenters. The maximum atomic E-state index is 16.1. The Hall–Kier alpha value is -8.54. The van der Waals surface area contributed by atoms with Crippen molar-refractivity contribution in [2.75, 3.05) is 44.2 Å². The van der Waals surface area contributed by atoms with Gasteiger partial charge in [0.25, 0.3) is 0 Å². The number of nitriles is 4. The summed E-state index contributed by atoms with van der Waals surface area (Å²) >= 11 is -22.3. The molecule has 6 heterocycles. The molecule has 4 saturated heterocycles. The first-order valence-electron chi connectivity index (χ1n) is 35.7. The number of fused-ring (bicyclic) bond motifs is 6. The van der Waals surface area contributed by atoms with Crippen molar-refractivity contribution in [1.82, 2.24) is 0 Å². The van der Waals surface area contributed by atoms with Crippen LogP contribution in [0.25, 0.3) is 40.9 Å². The van der Waals surface area contributed by atoms with Gasteiger partial charge >= 0.3 is 596 Å². The molecule has 0 aromatic heterocycles. The number of carbonyl (C=O) groups is 1. The number of hydrogen-bond acceptors (Lipinski definition) is 19. The van der Waals surface area contributed by atoms with Gasteiger partial charge in [-0.2, -0.15) is 8.78 Å². The number of benzene rings is 5. The zero-order valence-electron chi connectivity index (χ0n) is 63.8. The van der Waals surface area contributed by atoms with E-state index in [1.807, 2.05) is 63.5 Å². The summed E-state index contributed by atoms with van der Waals surface area (Å²) in [6.07, 6.45) is 7.91. The van der Waals surface area contributed by atoms with Crippen molar-refractivity contribution in [2.24, 2.45) is 0 Å². The first-order chi connectivity index (χ1) is 52.4. The van der Waals surface area contributed by atoms with E-state index < -0.39 is 160 Å². The molecule has 24 nitrogen and oxygen atoms in total. The Kier molecular flexibility index (Phi) is 22.4. The minimum absolute atomic E-state index is 0.00185. The van der Waals surface area contributed by atoms with Crippen LogP contribution in [0, 0.1) is 101 Å². The van der Waals surface area contributed by atoms with Crippen molar-refractivity contribution in [3.05, 3.63) is 170 Å². The normalized spacial score (nSPS) is 32.4. The Bertz CT molecular complexity index is 5440. The zero-order valence-corrected chi connectivity index (χ0v) is 71.3. The van der Waals surface area contributed by atoms with E-state index in [1.54, 1.807) is 70.2 Å². The molecule has 6 aliphatic rings. The predicted molar refractivity (Wildman–Crippen MR) is 400 cm³/mol. The molecule has 0 spiro atoms. The van der Waals surface area contributed by atoms with Crippen molar-refractivity contribution < 1.29 is 80.8 Å². The summed E-state index contributed by atoms with van der Waals surface area (Å²) in [4.78, 5) is 29.4. The molecule has 11 rings (SSSR count). The summed E-state index contributed by atoms with van der Waals surface area (Å²) in [6.45, 7) is 52.8. The third-order valence-electron chi connectivity index (χ3n) is 23.0. The molecule has 112 heavy (non-hydrogen) atoms. The van der Waals surface area contributed by atoms with Gasteiger partial charge in [0.05, 0.1) is 0 Å². The number of anilines is 1. The Morgan fingerprint density at radius 3 is 1.31 bits per heavy atom. The SMILES string of the molecule is [C-]#[N+]CC1(C)O[As](=O)(c2cc([As]3(=O)OC(C)(C[N+]#[C-])C(C)(C[N+]#[C-])O3)c3ccc4c(c3c2)C(C)(C)C(/C=C/C=C/C=C2\N(CC)c3ccc5c([As]6(=O)OC(C)(CC#N)C(C)(CC#N)O6)cc([As]6(=O)OC(C)(CC#N)C(C)(CC#N)O6)cc5c3C2(C)C)=[N+]4CCCCCC(=O)Oc2c(F)c(F)c(F)c(F)c2F)OC1(C)C[N+]#[C-]. The first kappa shape index (κ1) is 84.4. The van der Waals surface area contributed by atoms with Crippen LogP contribution in [0.2, 0.25) is 0 Å². The monoisotopic (exact) mass is 1790 g/mol. The van der Waals surface area contributed by atoms with Crippen molar-refractivity contribution >= 4 is 119 Å². The van der Waals surface area contributed by atoms with E-state index in [2.05, 4.69) is 48.6 Å².